The first-order chi connectivity index (χ1) is 15.0. The molecule has 2 N–H and O–H groups in total. The second-order valence-electron chi connectivity index (χ2n) is 7.08. The molecule has 1 aliphatic rings. The Labute approximate surface area is 179 Å². The Morgan fingerprint density at radius 1 is 0.935 bits per heavy atom. The second-order valence-corrected chi connectivity index (χ2v) is 7.08. The number of ether oxygens (including phenoxy) is 1. The summed E-state index contributed by atoms with van der Waals surface area (Å²) in [5.41, 5.74) is 2.11. The fraction of sp³-hybridized carbons (Fsp3) is 0.125. The van der Waals surface area contributed by atoms with Crippen LogP contribution in [0.2, 0.25) is 0 Å². The molecule has 3 aromatic rings. The number of carbonyl (C=O) groups is 3. The predicted molar refractivity (Wildman–Crippen MR) is 114 cm³/mol. The van der Waals surface area contributed by atoms with Crippen molar-refractivity contribution >= 4 is 17.8 Å². The highest BCUT2D eigenvalue weighted by Gasteiger charge is 2.52. The Balaban J connectivity index is 1.53. The summed E-state index contributed by atoms with van der Waals surface area (Å²) in [7, 11) is 0. The lowest BCUT2D eigenvalue weighted by Gasteiger charge is -2.25. The van der Waals surface area contributed by atoms with Crippen LogP contribution >= 0.6 is 0 Å². The zero-order valence-corrected chi connectivity index (χ0v) is 16.9. The van der Waals surface area contributed by atoms with Crippen molar-refractivity contribution in [3.8, 4) is 11.5 Å². The third kappa shape index (κ3) is 3.85. The Morgan fingerprint density at radius 3 is 2.26 bits per heavy atom. The van der Waals surface area contributed by atoms with Crippen LogP contribution in [0.25, 0.3) is 0 Å². The highest BCUT2D eigenvalue weighted by molar-refractivity contribution is 6.09. The number of benzene rings is 3. The van der Waals surface area contributed by atoms with Gasteiger partial charge in [0, 0.05) is 5.56 Å². The summed E-state index contributed by atoms with van der Waals surface area (Å²) in [4.78, 5) is 38.5. The summed E-state index contributed by atoms with van der Waals surface area (Å²) in [6.07, 6.45) is 0.342. The lowest BCUT2D eigenvalue weighted by atomic mass is 9.87. The van der Waals surface area contributed by atoms with Crippen LogP contribution in [0, 0.1) is 0 Å². The van der Waals surface area contributed by atoms with Crippen molar-refractivity contribution in [3.05, 3.63) is 96.1 Å². The highest BCUT2D eigenvalue weighted by Crippen LogP contribution is 2.31. The van der Waals surface area contributed by atoms with Crippen LogP contribution < -0.4 is 15.5 Å². The van der Waals surface area contributed by atoms with E-state index in [2.05, 4.69) is 10.7 Å². The van der Waals surface area contributed by atoms with E-state index in [0.717, 1.165) is 5.01 Å². The number of nitrogens with one attached hydrogen (secondary N) is 2. The number of hydrogen-bond donors (Lipinski definition) is 2. The second kappa shape index (κ2) is 8.31. The molecule has 1 heterocycles. The Kier molecular flexibility index (Phi) is 5.41. The number of hydrogen-bond acceptors (Lipinski definition) is 4. The Morgan fingerprint density at radius 2 is 1.58 bits per heavy atom. The van der Waals surface area contributed by atoms with Gasteiger partial charge < -0.3 is 10.1 Å². The molecule has 7 nitrogen and oxygen atoms in total. The van der Waals surface area contributed by atoms with E-state index in [1.165, 1.54) is 0 Å². The van der Waals surface area contributed by atoms with Gasteiger partial charge in [-0.15, -0.1) is 0 Å². The molecule has 7 heteroatoms. The summed E-state index contributed by atoms with van der Waals surface area (Å²) in [6.45, 7) is 1.81. The van der Waals surface area contributed by atoms with Crippen LogP contribution in [0.5, 0.6) is 11.5 Å². The number of rotatable bonds is 6. The first kappa shape index (κ1) is 20.2. The number of amides is 4. The summed E-state index contributed by atoms with van der Waals surface area (Å²) in [6, 6.07) is 24.0. The van der Waals surface area contributed by atoms with Crippen LogP contribution in [0.1, 0.15) is 29.3 Å². The molecule has 0 aliphatic carbocycles. The van der Waals surface area contributed by atoms with Crippen LogP contribution in [-0.4, -0.2) is 22.9 Å². The fourth-order valence-corrected chi connectivity index (χ4v) is 3.53. The standard InChI is InChI=1S/C24H21N3O4/c1-2-24(18-11-5-3-6-12-18)22(29)27(23(30)25-24)26-21(28)17-10-9-15-20(16-17)31-19-13-7-4-8-14-19/h3-16H,2H2,1H3,(H,25,30)(H,26,28)/t24-/m1/s1. The van der Waals surface area contributed by atoms with E-state index in [0.29, 0.717) is 23.5 Å². The monoisotopic (exact) mass is 415 g/mol. The van der Waals surface area contributed by atoms with Gasteiger partial charge >= 0.3 is 6.03 Å². The van der Waals surface area contributed by atoms with E-state index in [4.69, 9.17) is 4.74 Å². The predicted octanol–water partition coefficient (Wildman–Crippen LogP) is 3.98. The first-order valence-electron chi connectivity index (χ1n) is 9.89. The quantitative estimate of drug-likeness (QED) is 0.596. The molecule has 1 aliphatic heterocycles. The van der Waals surface area contributed by atoms with Gasteiger partial charge in [-0.2, -0.15) is 5.01 Å². The van der Waals surface area contributed by atoms with Gasteiger partial charge in [-0.1, -0.05) is 61.5 Å². The number of para-hydroxylation sites is 1. The number of carbonyl (C=O) groups excluding carboxylic acids is 3. The topological polar surface area (TPSA) is 87.7 Å². The van der Waals surface area contributed by atoms with E-state index in [9.17, 15) is 14.4 Å². The summed E-state index contributed by atoms with van der Waals surface area (Å²) in [5, 5.41) is 3.47. The maximum absolute atomic E-state index is 13.1. The van der Waals surface area contributed by atoms with Crippen LogP contribution in [-0.2, 0) is 10.3 Å². The number of hydrazine groups is 1. The fourth-order valence-electron chi connectivity index (χ4n) is 3.53. The van der Waals surface area contributed by atoms with Crippen molar-refractivity contribution in [2.75, 3.05) is 0 Å². The van der Waals surface area contributed by atoms with Crippen LogP contribution in [0.15, 0.2) is 84.9 Å². The maximum atomic E-state index is 13.1. The van der Waals surface area contributed by atoms with Gasteiger partial charge in [0.2, 0.25) is 0 Å². The lowest BCUT2D eigenvalue weighted by molar-refractivity contribution is -0.133. The van der Waals surface area contributed by atoms with Gasteiger partial charge in [0.25, 0.3) is 11.8 Å². The molecule has 3 aromatic carbocycles. The van der Waals surface area contributed by atoms with E-state index >= 15 is 0 Å². The zero-order valence-electron chi connectivity index (χ0n) is 16.9. The van der Waals surface area contributed by atoms with E-state index in [1.54, 1.807) is 67.6 Å². The molecule has 0 spiro atoms. The molecule has 1 fully saturated rings. The van der Waals surface area contributed by atoms with E-state index in [-0.39, 0.29) is 5.56 Å². The minimum absolute atomic E-state index is 0.253. The molecule has 0 bridgehead atoms. The average molecular weight is 415 g/mol. The minimum Gasteiger partial charge on any atom is -0.457 e. The van der Waals surface area contributed by atoms with Gasteiger partial charge in [-0.05, 0) is 42.3 Å². The van der Waals surface area contributed by atoms with Gasteiger partial charge in [-0.25, -0.2) is 4.79 Å². The Bertz CT molecular complexity index is 1120. The summed E-state index contributed by atoms with van der Waals surface area (Å²) in [5.74, 6) is -0.0359. The molecule has 4 amide bonds. The van der Waals surface area contributed by atoms with Crippen molar-refractivity contribution in [2.45, 2.75) is 18.9 Å². The van der Waals surface area contributed by atoms with Crippen molar-refractivity contribution in [2.24, 2.45) is 0 Å². The number of imide groups is 1. The highest BCUT2D eigenvalue weighted by atomic mass is 16.5. The normalized spacial score (nSPS) is 17.9. The SMILES string of the molecule is CC[C@]1(c2ccccc2)NC(=O)N(NC(=O)c2cccc(Oc3ccccc3)c2)C1=O. The number of urea groups is 1. The minimum atomic E-state index is -1.22. The number of nitrogens with zero attached hydrogens (tertiary/aromatic N) is 1. The molecule has 31 heavy (non-hydrogen) atoms. The molecule has 0 unspecified atom stereocenters. The first-order valence-corrected chi connectivity index (χ1v) is 9.89. The molecule has 4 rings (SSSR count). The van der Waals surface area contributed by atoms with Gasteiger partial charge in [0.05, 0.1) is 0 Å². The van der Waals surface area contributed by atoms with Gasteiger partial charge in [-0.3, -0.25) is 15.0 Å². The molecular formula is C24H21N3O4. The maximum Gasteiger partial charge on any atom is 0.344 e. The largest absolute Gasteiger partial charge is 0.457 e. The van der Waals surface area contributed by atoms with E-state index < -0.39 is 23.4 Å². The molecule has 0 aromatic heterocycles. The van der Waals surface area contributed by atoms with Crippen LogP contribution in [0.3, 0.4) is 0 Å². The molecule has 1 atom stereocenters. The molecule has 0 saturated carbocycles. The van der Waals surface area contributed by atoms with Crippen LogP contribution in [0.4, 0.5) is 4.79 Å². The van der Waals surface area contributed by atoms with Gasteiger partial charge in [0.1, 0.15) is 17.0 Å². The molecule has 0 radical (unpaired) electrons. The van der Waals surface area contributed by atoms with Crippen molar-refractivity contribution < 1.29 is 19.1 Å². The smallest absolute Gasteiger partial charge is 0.344 e. The Hall–Kier alpha value is -4.13. The third-order valence-corrected chi connectivity index (χ3v) is 5.18. The van der Waals surface area contributed by atoms with Crippen molar-refractivity contribution in [3.63, 3.8) is 0 Å². The molecule has 1 saturated heterocycles. The van der Waals surface area contributed by atoms with Crippen molar-refractivity contribution in [1.29, 1.82) is 0 Å². The average Bonchev–Trinajstić information content (AvgIpc) is 3.05. The van der Waals surface area contributed by atoms with E-state index in [1.807, 2.05) is 24.3 Å². The molecular weight excluding hydrogens is 394 g/mol. The molecule has 156 valence electrons. The van der Waals surface area contributed by atoms with Gasteiger partial charge in [0.15, 0.2) is 0 Å². The van der Waals surface area contributed by atoms with Crippen molar-refractivity contribution in [1.82, 2.24) is 15.8 Å². The zero-order chi connectivity index (χ0) is 21.8. The third-order valence-electron chi connectivity index (χ3n) is 5.18. The summed E-state index contributed by atoms with van der Waals surface area (Å²) < 4.78 is 5.75. The lowest BCUT2D eigenvalue weighted by Crippen LogP contribution is -2.48. The summed E-state index contributed by atoms with van der Waals surface area (Å²) >= 11 is 0.